The van der Waals surface area contributed by atoms with Crippen molar-refractivity contribution in [1.82, 2.24) is 0 Å². The summed E-state index contributed by atoms with van der Waals surface area (Å²) in [4.78, 5) is 0. The van der Waals surface area contributed by atoms with Gasteiger partial charge in [0.2, 0.25) is 0 Å². The molecule has 2 unspecified atom stereocenters. The first-order chi connectivity index (χ1) is 27.3. The van der Waals surface area contributed by atoms with Gasteiger partial charge in [0.05, 0.1) is 0 Å². The molecular weight excluding hydrogens is 827 g/mol. The maximum atomic E-state index is 8.91. The molecule has 0 amide bonds. The summed E-state index contributed by atoms with van der Waals surface area (Å²) < 4.78 is 0.241. The van der Waals surface area contributed by atoms with Gasteiger partial charge in [-0.3, -0.25) is 0 Å². The van der Waals surface area contributed by atoms with Crippen LogP contribution in [-0.2, 0) is 21.0 Å². The van der Waals surface area contributed by atoms with E-state index in [0.717, 1.165) is 23.7 Å². The van der Waals surface area contributed by atoms with E-state index in [9.17, 15) is 0 Å². The fraction of sp³-hybridized carbons (Fsp3) is 0.472. The topological polar surface area (TPSA) is 0 Å². The van der Waals surface area contributed by atoms with E-state index in [4.69, 9.17) is 17.0 Å². The van der Waals surface area contributed by atoms with Crippen LogP contribution >= 0.6 is 17.0 Å². The SMILES string of the molecule is CC1=Cc2c(-c3ccc(C45CC6CC(CC(C6)C4)C5)cc3)cccc2[CH]1[Zr]([Cl])([Cl])([CH]1C(C2CCC(C)CC2)=Cc2c(-c3ccc(C(C)C)cc3)cccc21)[SiH](C)C. The molecule has 0 aliphatic heterocycles. The van der Waals surface area contributed by atoms with Gasteiger partial charge < -0.3 is 0 Å². The van der Waals surface area contributed by atoms with Crippen LogP contribution in [0.5, 0.6) is 0 Å². The molecule has 0 saturated heterocycles. The molecule has 11 rings (SSSR count). The van der Waals surface area contributed by atoms with Gasteiger partial charge >= 0.3 is 356 Å². The van der Waals surface area contributed by atoms with Crippen LogP contribution in [-0.4, -0.2) is 5.92 Å². The van der Waals surface area contributed by atoms with Gasteiger partial charge in [0.25, 0.3) is 0 Å². The van der Waals surface area contributed by atoms with Gasteiger partial charge in [-0.15, -0.1) is 0 Å². The Morgan fingerprint density at radius 3 is 1.68 bits per heavy atom. The summed E-state index contributed by atoms with van der Waals surface area (Å²) >= 11 is -4.90. The van der Waals surface area contributed by atoms with Gasteiger partial charge in [0, 0.05) is 0 Å². The molecule has 4 heteroatoms. The van der Waals surface area contributed by atoms with E-state index in [0.29, 0.717) is 17.3 Å². The number of hydrogen-bond donors (Lipinski definition) is 0. The summed E-state index contributed by atoms with van der Waals surface area (Å²) in [6.45, 7) is 14.4. The van der Waals surface area contributed by atoms with Gasteiger partial charge in [-0.25, -0.2) is 0 Å². The molecule has 0 spiro atoms. The van der Waals surface area contributed by atoms with Gasteiger partial charge in [-0.2, -0.15) is 0 Å². The standard InChI is InChI=1S/C26H27.C25H29.C2H7Si.2ClH.Zr/c1-17-9-22-3-2-4-24(25(22)10-17)21-5-7-23(8-6-21)26-14-18-11-19(15-26)13-20(12-18)16-26;1-17(2)19-11-13-21(14-12-19)24-6-4-5-22-15-23(16-25(22)24)20-9-7-18(3)8-10-20;1-3-2;;;/h2-10,18-20H,11-16H2,1H3;4-6,11-18,20H,7-10H2,1-3H3;3H,1-2H3;2*1H;/q;;;;;+2/p-2. The number of rotatable bonds is 8. The zero-order chi connectivity index (χ0) is 39.5. The minimum absolute atomic E-state index is 0.110. The van der Waals surface area contributed by atoms with Gasteiger partial charge in [-0.1, -0.05) is 0 Å². The second-order valence-corrected chi connectivity index (χ2v) is 63.4. The van der Waals surface area contributed by atoms with Crippen molar-refractivity contribution >= 4 is 35.1 Å². The van der Waals surface area contributed by atoms with Crippen molar-refractivity contribution in [2.24, 2.45) is 29.6 Å². The molecule has 57 heavy (non-hydrogen) atoms. The Kier molecular flexibility index (Phi) is 9.85. The van der Waals surface area contributed by atoms with Crippen molar-refractivity contribution in [1.29, 1.82) is 0 Å². The number of allylic oxidation sites excluding steroid dienone is 2. The quantitative estimate of drug-likeness (QED) is 0.155. The van der Waals surface area contributed by atoms with Crippen molar-refractivity contribution in [3.05, 3.63) is 129 Å². The van der Waals surface area contributed by atoms with Gasteiger partial charge in [0.1, 0.15) is 0 Å². The van der Waals surface area contributed by atoms with Crippen molar-refractivity contribution in [3.63, 3.8) is 0 Å². The predicted octanol–water partition coefficient (Wildman–Crippen LogP) is 16.0. The predicted molar refractivity (Wildman–Crippen MR) is 247 cm³/mol. The third kappa shape index (κ3) is 6.25. The number of halogens is 2. The number of benzene rings is 4. The fourth-order valence-electron chi connectivity index (χ4n) is 14.1. The molecule has 4 bridgehead atoms. The van der Waals surface area contributed by atoms with E-state index >= 15 is 0 Å². The second-order valence-electron chi connectivity index (χ2n) is 20.9. The molecular formula is C53H63Cl2SiZr. The van der Waals surface area contributed by atoms with Crippen molar-refractivity contribution in [2.75, 3.05) is 0 Å². The molecule has 2 atom stereocenters. The van der Waals surface area contributed by atoms with Crippen molar-refractivity contribution in [2.45, 2.75) is 124 Å². The summed E-state index contributed by atoms with van der Waals surface area (Å²) in [6.07, 6.45) is 18.9. The van der Waals surface area contributed by atoms with Crippen LogP contribution < -0.4 is 0 Å². The molecule has 0 N–H and O–H groups in total. The third-order valence-electron chi connectivity index (χ3n) is 16.8. The van der Waals surface area contributed by atoms with E-state index in [-0.39, 0.29) is 7.25 Å². The molecule has 7 aliphatic carbocycles. The third-order valence-corrected chi connectivity index (χ3v) is 68.8. The zero-order valence-corrected chi connectivity index (χ0v) is 40.4. The number of fused-ring (bicyclic) bond motifs is 2. The number of hydrogen-bond acceptors (Lipinski definition) is 0. The Balaban J connectivity index is 1.07. The summed E-state index contributed by atoms with van der Waals surface area (Å²) in [5.74, 6) is 3.06. The summed E-state index contributed by atoms with van der Waals surface area (Å²) in [5, 5.41) is 0. The Bertz CT molecular complexity index is 2230. The molecule has 0 nitrogen and oxygen atoms in total. The van der Waals surface area contributed by atoms with Crippen molar-refractivity contribution in [3.8, 4) is 22.3 Å². The normalized spacial score (nSPS) is 30.9. The van der Waals surface area contributed by atoms with Crippen LogP contribution in [0.25, 0.3) is 34.4 Å². The summed E-state index contributed by atoms with van der Waals surface area (Å²) in [6, 6.07) is 33.4. The first kappa shape index (κ1) is 39.2. The first-order valence-electron chi connectivity index (χ1n) is 22.8. The minimum atomic E-state index is -4.90. The summed E-state index contributed by atoms with van der Waals surface area (Å²) in [7, 11) is 17.8. The van der Waals surface area contributed by atoms with E-state index in [1.165, 1.54) is 120 Å². The molecule has 0 radical (unpaired) electrons. The van der Waals surface area contributed by atoms with Crippen LogP contribution in [0.4, 0.5) is 0 Å². The van der Waals surface area contributed by atoms with Crippen LogP contribution in [0.2, 0.25) is 13.1 Å². The van der Waals surface area contributed by atoms with E-state index in [2.05, 4.69) is 138 Å². The van der Waals surface area contributed by atoms with E-state index in [1.54, 1.807) is 11.1 Å². The second kappa shape index (κ2) is 14.3. The van der Waals surface area contributed by atoms with E-state index < -0.39 is 21.5 Å². The molecule has 0 aromatic heterocycles. The average molecular weight is 890 g/mol. The Morgan fingerprint density at radius 1 is 0.649 bits per heavy atom. The van der Waals surface area contributed by atoms with Crippen LogP contribution in [0.3, 0.4) is 0 Å². The van der Waals surface area contributed by atoms with Crippen LogP contribution in [0.1, 0.15) is 138 Å². The monoisotopic (exact) mass is 887 g/mol. The Labute approximate surface area is 352 Å². The average Bonchev–Trinajstić information content (AvgIpc) is 3.77. The Hall–Kier alpha value is -1.96. The molecule has 0 heterocycles. The molecule has 5 fully saturated rings. The molecule has 7 aliphatic rings. The Morgan fingerprint density at radius 2 is 1.16 bits per heavy atom. The van der Waals surface area contributed by atoms with Crippen LogP contribution in [0, 0.1) is 29.6 Å². The van der Waals surface area contributed by atoms with Gasteiger partial charge in [-0.05, 0) is 0 Å². The van der Waals surface area contributed by atoms with E-state index in [1.807, 2.05) is 0 Å². The zero-order valence-electron chi connectivity index (χ0n) is 35.3. The van der Waals surface area contributed by atoms with Crippen molar-refractivity contribution < 1.29 is 15.6 Å². The van der Waals surface area contributed by atoms with Crippen LogP contribution in [0.15, 0.2) is 96.1 Å². The maximum absolute atomic E-state index is 8.91. The summed E-state index contributed by atoms with van der Waals surface area (Å²) in [5.41, 5.74) is 17.3. The molecule has 4 aromatic carbocycles. The molecule has 297 valence electrons. The first-order valence-corrected chi connectivity index (χ1v) is 39.1. The molecule has 5 saturated carbocycles. The van der Waals surface area contributed by atoms with Gasteiger partial charge in [0.15, 0.2) is 0 Å². The fourth-order valence-corrected chi connectivity index (χ4v) is 46.1. The molecule has 4 aromatic rings.